The largest absolute Gasteiger partial charge is 0.313 e. The Morgan fingerprint density at radius 3 is 1.73 bits per heavy atom. The number of aryl methyl sites for hydroxylation is 1. The lowest BCUT2D eigenvalue weighted by atomic mass is 9.95. The zero-order valence-electron chi connectivity index (χ0n) is 24.1. The highest BCUT2D eigenvalue weighted by molar-refractivity contribution is 6.21. The SMILES string of the molecule is c1cnc(-c2ccc(-n3c4c(c5ccc6c(c7ccccc7n6-c6ccc(-c7ncccn7)cc6)c53)CCCC4)cc2)nc1. The van der Waals surface area contributed by atoms with Crippen LogP contribution in [0.5, 0.6) is 0 Å². The predicted molar refractivity (Wildman–Crippen MR) is 176 cm³/mol. The van der Waals surface area contributed by atoms with Gasteiger partial charge in [-0.25, -0.2) is 19.9 Å². The monoisotopic (exact) mass is 568 g/mol. The smallest absolute Gasteiger partial charge is 0.159 e. The van der Waals surface area contributed by atoms with Crippen LogP contribution in [0.2, 0.25) is 0 Å². The Morgan fingerprint density at radius 2 is 1.07 bits per heavy atom. The summed E-state index contributed by atoms with van der Waals surface area (Å²) in [5, 5.41) is 3.91. The second-order valence-corrected chi connectivity index (χ2v) is 11.4. The summed E-state index contributed by atoms with van der Waals surface area (Å²) in [7, 11) is 0. The topological polar surface area (TPSA) is 61.4 Å². The van der Waals surface area contributed by atoms with Crippen molar-refractivity contribution in [1.82, 2.24) is 29.1 Å². The molecule has 6 nitrogen and oxygen atoms in total. The number of rotatable bonds is 4. The second-order valence-electron chi connectivity index (χ2n) is 11.4. The van der Waals surface area contributed by atoms with Crippen LogP contribution in [-0.2, 0) is 12.8 Å². The summed E-state index contributed by atoms with van der Waals surface area (Å²) in [6.45, 7) is 0. The lowest BCUT2D eigenvalue weighted by molar-refractivity contribution is 0.667. The van der Waals surface area contributed by atoms with Crippen molar-refractivity contribution < 1.29 is 0 Å². The first-order valence-corrected chi connectivity index (χ1v) is 15.2. The van der Waals surface area contributed by atoms with Crippen molar-refractivity contribution in [1.29, 1.82) is 0 Å². The van der Waals surface area contributed by atoms with Gasteiger partial charge in [0.1, 0.15) is 0 Å². The Balaban J connectivity index is 1.30. The molecule has 4 heterocycles. The van der Waals surface area contributed by atoms with Gasteiger partial charge in [0.2, 0.25) is 0 Å². The molecule has 4 aromatic carbocycles. The fourth-order valence-electron chi connectivity index (χ4n) is 7.06. The Labute approximate surface area is 254 Å². The highest BCUT2D eigenvalue weighted by Crippen LogP contribution is 2.43. The minimum atomic E-state index is 0.733. The first kappa shape index (κ1) is 24.9. The van der Waals surface area contributed by atoms with Gasteiger partial charge >= 0.3 is 0 Å². The average molecular weight is 569 g/mol. The van der Waals surface area contributed by atoms with E-state index in [0.29, 0.717) is 0 Å². The molecule has 0 saturated heterocycles. The normalized spacial score (nSPS) is 13.1. The van der Waals surface area contributed by atoms with E-state index in [0.717, 1.165) is 41.3 Å². The molecule has 0 fully saturated rings. The number of fused-ring (bicyclic) bond motifs is 7. The summed E-state index contributed by atoms with van der Waals surface area (Å²) in [4.78, 5) is 17.8. The summed E-state index contributed by atoms with van der Waals surface area (Å²) in [6, 6.07) is 34.5. The molecule has 0 spiro atoms. The molecule has 0 amide bonds. The maximum Gasteiger partial charge on any atom is 0.159 e. The van der Waals surface area contributed by atoms with Crippen molar-refractivity contribution in [2.24, 2.45) is 0 Å². The van der Waals surface area contributed by atoms with E-state index in [-0.39, 0.29) is 0 Å². The highest BCUT2D eigenvalue weighted by Gasteiger charge is 2.25. The molecule has 6 heteroatoms. The number of aromatic nitrogens is 6. The average Bonchev–Trinajstić information content (AvgIpc) is 3.62. The zero-order valence-corrected chi connectivity index (χ0v) is 24.1. The predicted octanol–water partition coefficient (Wildman–Crippen LogP) is 8.52. The van der Waals surface area contributed by atoms with Crippen LogP contribution in [0.4, 0.5) is 0 Å². The van der Waals surface area contributed by atoms with E-state index in [2.05, 4.69) is 114 Å². The Hall–Kier alpha value is -5.62. The summed E-state index contributed by atoms with van der Waals surface area (Å²) in [5.41, 5.74) is 10.9. The lowest BCUT2D eigenvalue weighted by Crippen LogP contribution is -2.07. The van der Waals surface area contributed by atoms with E-state index in [1.54, 1.807) is 24.8 Å². The van der Waals surface area contributed by atoms with Gasteiger partial charge in [0.25, 0.3) is 0 Å². The van der Waals surface area contributed by atoms with Crippen molar-refractivity contribution in [3.63, 3.8) is 0 Å². The van der Waals surface area contributed by atoms with Crippen LogP contribution in [-0.4, -0.2) is 29.1 Å². The van der Waals surface area contributed by atoms with Crippen molar-refractivity contribution >= 4 is 32.7 Å². The minimum absolute atomic E-state index is 0.733. The van der Waals surface area contributed by atoms with Crippen LogP contribution < -0.4 is 0 Å². The molecule has 9 rings (SSSR count). The molecule has 0 bridgehead atoms. The Kier molecular flexibility index (Phi) is 5.66. The van der Waals surface area contributed by atoms with Gasteiger partial charge in [-0.05, 0) is 104 Å². The summed E-state index contributed by atoms with van der Waals surface area (Å²) in [6.07, 6.45) is 11.8. The molecule has 8 aromatic rings. The maximum absolute atomic E-state index is 4.46. The van der Waals surface area contributed by atoms with Gasteiger partial charge in [-0.2, -0.15) is 0 Å². The van der Waals surface area contributed by atoms with E-state index in [4.69, 9.17) is 0 Å². The van der Waals surface area contributed by atoms with E-state index in [1.165, 1.54) is 62.5 Å². The molecule has 0 atom stereocenters. The van der Waals surface area contributed by atoms with E-state index >= 15 is 0 Å². The highest BCUT2D eigenvalue weighted by atomic mass is 15.0. The number of hydrogen-bond donors (Lipinski definition) is 0. The first-order chi connectivity index (χ1) is 21.8. The first-order valence-electron chi connectivity index (χ1n) is 15.2. The number of hydrogen-bond acceptors (Lipinski definition) is 4. The molecule has 0 unspecified atom stereocenters. The lowest BCUT2D eigenvalue weighted by Gasteiger charge is -2.16. The van der Waals surface area contributed by atoms with E-state index in [9.17, 15) is 0 Å². The Morgan fingerprint density at radius 1 is 0.477 bits per heavy atom. The van der Waals surface area contributed by atoms with Crippen LogP contribution in [0.15, 0.2) is 122 Å². The molecule has 0 aliphatic heterocycles. The standard InChI is InChI=1S/C38H28N6/c1-3-9-32-29(7-1)30-19-20-34-35(36(30)44(32)28-17-13-26(14-18-28)38-41-23-6-24-42-38)31-8-2-4-10-33(31)43(34)27-15-11-25(12-16-27)37-39-21-5-22-40-37/h2,4-6,8,10-24H,1,3,7,9H2. The van der Waals surface area contributed by atoms with Crippen LogP contribution in [0, 0.1) is 0 Å². The van der Waals surface area contributed by atoms with Gasteiger partial charge in [-0.15, -0.1) is 0 Å². The number of benzene rings is 4. The van der Waals surface area contributed by atoms with E-state index in [1.807, 2.05) is 12.1 Å². The van der Waals surface area contributed by atoms with Crippen molar-refractivity contribution in [3.8, 4) is 34.2 Å². The van der Waals surface area contributed by atoms with Crippen molar-refractivity contribution in [2.75, 3.05) is 0 Å². The maximum atomic E-state index is 4.46. The molecular weight excluding hydrogens is 540 g/mol. The van der Waals surface area contributed by atoms with Gasteiger partial charge in [-0.3, -0.25) is 0 Å². The summed E-state index contributed by atoms with van der Waals surface area (Å²) >= 11 is 0. The van der Waals surface area contributed by atoms with Crippen LogP contribution in [0.25, 0.3) is 66.9 Å². The third kappa shape index (κ3) is 3.81. The molecule has 0 saturated carbocycles. The van der Waals surface area contributed by atoms with Gasteiger partial charge in [-0.1, -0.05) is 24.3 Å². The van der Waals surface area contributed by atoms with Gasteiger partial charge in [0, 0.05) is 69.1 Å². The molecule has 210 valence electrons. The molecule has 1 aliphatic carbocycles. The van der Waals surface area contributed by atoms with Crippen LogP contribution in [0.1, 0.15) is 24.1 Å². The van der Waals surface area contributed by atoms with E-state index < -0.39 is 0 Å². The quantitative estimate of drug-likeness (QED) is 0.214. The van der Waals surface area contributed by atoms with Gasteiger partial charge in [0.15, 0.2) is 11.6 Å². The van der Waals surface area contributed by atoms with Crippen LogP contribution in [0.3, 0.4) is 0 Å². The summed E-state index contributed by atoms with van der Waals surface area (Å²) < 4.78 is 4.93. The number of para-hydroxylation sites is 1. The fourth-order valence-corrected chi connectivity index (χ4v) is 7.06. The molecule has 0 radical (unpaired) electrons. The third-order valence-corrected chi connectivity index (χ3v) is 8.97. The van der Waals surface area contributed by atoms with Crippen molar-refractivity contribution in [3.05, 3.63) is 133 Å². The zero-order chi connectivity index (χ0) is 29.0. The summed E-state index contributed by atoms with van der Waals surface area (Å²) in [5.74, 6) is 1.48. The molecule has 4 aromatic heterocycles. The molecule has 0 N–H and O–H groups in total. The second kappa shape index (κ2) is 9.99. The van der Waals surface area contributed by atoms with Crippen LogP contribution >= 0.6 is 0 Å². The Bertz CT molecular complexity index is 2300. The number of nitrogens with zero attached hydrogens (tertiary/aromatic N) is 6. The fraction of sp³-hybridized carbons (Fsp3) is 0.105. The van der Waals surface area contributed by atoms with Gasteiger partial charge < -0.3 is 9.13 Å². The van der Waals surface area contributed by atoms with Gasteiger partial charge in [0.05, 0.1) is 16.6 Å². The molecule has 1 aliphatic rings. The van der Waals surface area contributed by atoms with Crippen molar-refractivity contribution in [2.45, 2.75) is 25.7 Å². The minimum Gasteiger partial charge on any atom is -0.313 e. The molecular formula is C38H28N6. The molecule has 44 heavy (non-hydrogen) atoms. The third-order valence-electron chi connectivity index (χ3n) is 8.97.